The fraction of sp³-hybridized carbons (Fsp3) is 0.795. The van der Waals surface area contributed by atoms with E-state index in [9.17, 15) is 9.59 Å². The van der Waals surface area contributed by atoms with E-state index < -0.39 is 0 Å². The summed E-state index contributed by atoms with van der Waals surface area (Å²) in [6.45, 7) is 12.8. The molecule has 0 aliphatic heterocycles. The highest BCUT2D eigenvalue weighted by Gasteiger charge is 2.05. The first kappa shape index (κ1) is 49.7. The minimum absolute atomic E-state index is 0.152. The maximum absolute atomic E-state index is 11.8. The maximum Gasteiger partial charge on any atom is 0.338 e. The van der Waals surface area contributed by atoms with Crippen LogP contribution in [0, 0.1) is 0 Å². The van der Waals surface area contributed by atoms with Crippen molar-refractivity contribution < 1.29 is 71.2 Å². The van der Waals surface area contributed by atoms with Crippen molar-refractivity contribution >= 4 is 11.9 Å². The van der Waals surface area contributed by atoms with Crippen LogP contribution in [0.5, 0.6) is 0 Å². The molecule has 0 N–H and O–H groups in total. The van der Waals surface area contributed by atoms with E-state index in [-0.39, 0.29) is 25.2 Å². The summed E-state index contributed by atoms with van der Waals surface area (Å²) in [5.41, 5.74) is 0.522. The lowest BCUT2D eigenvalue weighted by Crippen LogP contribution is -2.16. The molecule has 0 radical (unpaired) electrons. The topological polar surface area (TPSA) is 154 Å². The van der Waals surface area contributed by atoms with Gasteiger partial charge >= 0.3 is 11.9 Å². The SMILES string of the molecule is CCCCCCCC(=O)OCCOCCOCCOCCOCCOCCOCCOCCOCCOCCOCCOCCOC(=O)c1ccccc1. The molecule has 1 aromatic carbocycles. The standard InChI is InChI=1S/C39H68O15/c1-2-3-4-5-9-12-38(40)53-35-33-51-31-29-49-27-25-47-23-21-45-19-17-43-15-13-42-14-16-44-18-20-46-22-24-48-26-28-50-30-32-52-34-36-54-39(41)37-10-7-6-8-11-37/h6-8,10-11H,2-5,9,12-36H2,1H3. The molecule has 0 bridgehead atoms. The second-order valence-electron chi connectivity index (χ2n) is 11.6. The number of esters is 2. The zero-order valence-electron chi connectivity index (χ0n) is 32.7. The van der Waals surface area contributed by atoms with Crippen LogP contribution in [0.25, 0.3) is 0 Å². The summed E-state index contributed by atoms with van der Waals surface area (Å²) in [5.74, 6) is -0.511. The third-order valence-electron chi connectivity index (χ3n) is 7.17. The van der Waals surface area contributed by atoms with Crippen molar-refractivity contribution in [1.82, 2.24) is 0 Å². The Balaban J connectivity index is 1.63. The van der Waals surface area contributed by atoms with Gasteiger partial charge in [-0.25, -0.2) is 4.79 Å². The van der Waals surface area contributed by atoms with E-state index in [0.717, 1.165) is 12.8 Å². The highest BCUT2D eigenvalue weighted by Crippen LogP contribution is 2.05. The van der Waals surface area contributed by atoms with E-state index in [2.05, 4.69) is 6.92 Å². The molecule has 15 nitrogen and oxygen atoms in total. The molecule has 0 heterocycles. The summed E-state index contributed by atoms with van der Waals surface area (Å²) in [7, 11) is 0. The molecule has 0 aliphatic rings. The van der Waals surface area contributed by atoms with Crippen LogP contribution in [0.3, 0.4) is 0 Å². The van der Waals surface area contributed by atoms with Crippen LogP contribution in [0.4, 0.5) is 0 Å². The minimum atomic E-state index is -0.360. The predicted octanol–water partition coefficient (Wildman–Crippen LogP) is 3.93. The molecule has 1 aromatic rings. The Bertz CT molecular complexity index is 925. The van der Waals surface area contributed by atoms with Crippen molar-refractivity contribution in [2.45, 2.75) is 45.4 Å². The predicted molar refractivity (Wildman–Crippen MR) is 200 cm³/mol. The smallest absolute Gasteiger partial charge is 0.338 e. The summed E-state index contributed by atoms with van der Waals surface area (Å²) in [4.78, 5) is 23.4. The number of unbranched alkanes of at least 4 members (excludes halogenated alkanes) is 4. The lowest BCUT2D eigenvalue weighted by molar-refractivity contribution is -0.145. The van der Waals surface area contributed by atoms with Crippen LogP contribution in [0.2, 0.25) is 0 Å². The molecule has 0 saturated heterocycles. The van der Waals surface area contributed by atoms with E-state index in [0.29, 0.717) is 157 Å². The van der Waals surface area contributed by atoms with Gasteiger partial charge in [-0.2, -0.15) is 0 Å². The fourth-order valence-corrected chi connectivity index (χ4v) is 4.31. The van der Waals surface area contributed by atoms with Crippen molar-refractivity contribution in [3.05, 3.63) is 35.9 Å². The van der Waals surface area contributed by atoms with Gasteiger partial charge in [-0.15, -0.1) is 0 Å². The van der Waals surface area contributed by atoms with Crippen LogP contribution < -0.4 is 0 Å². The Kier molecular flexibility index (Phi) is 38.6. The largest absolute Gasteiger partial charge is 0.463 e. The Morgan fingerprint density at radius 1 is 0.370 bits per heavy atom. The molecule has 0 spiro atoms. The zero-order chi connectivity index (χ0) is 38.7. The lowest BCUT2D eigenvalue weighted by Gasteiger charge is -2.09. The molecular weight excluding hydrogens is 708 g/mol. The van der Waals surface area contributed by atoms with Gasteiger partial charge in [0.25, 0.3) is 0 Å². The van der Waals surface area contributed by atoms with Crippen molar-refractivity contribution in [3.8, 4) is 0 Å². The summed E-state index contributed by atoms with van der Waals surface area (Å²) in [6, 6.07) is 8.84. The van der Waals surface area contributed by atoms with Crippen molar-refractivity contribution in [1.29, 1.82) is 0 Å². The number of ether oxygens (including phenoxy) is 13. The van der Waals surface area contributed by atoms with Gasteiger partial charge in [-0.1, -0.05) is 50.8 Å². The van der Waals surface area contributed by atoms with E-state index in [4.69, 9.17) is 61.6 Å². The molecule has 0 fully saturated rings. The van der Waals surface area contributed by atoms with Gasteiger partial charge in [0, 0.05) is 6.42 Å². The zero-order valence-corrected chi connectivity index (χ0v) is 32.7. The molecule has 314 valence electrons. The van der Waals surface area contributed by atoms with Gasteiger partial charge in [-0.05, 0) is 18.6 Å². The van der Waals surface area contributed by atoms with Crippen molar-refractivity contribution in [2.75, 3.05) is 159 Å². The van der Waals surface area contributed by atoms with Gasteiger partial charge in [-0.3, -0.25) is 4.79 Å². The molecule has 0 amide bonds. The van der Waals surface area contributed by atoms with E-state index in [1.165, 1.54) is 19.3 Å². The number of hydrogen-bond acceptors (Lipinski definition) is 15. The number of rotatable bonds is 43. The monoisotopic (exact) mass is 776 g/mol. The van der Waals surface area contributed by atoms with Crippen LogP contribution in [-0.2, 0) is 66.4 Å². The molecule has 0 aromatic heterocycles. The van der Waals surface area contributed by atoms with Crippen LogP contribution >= 0.6 is 0 Å². The van der Waals surface area contributed by atoms with Gasteiger partial charge in [0.15, 0.2) is 0 Å². The number of hydrogen-bond donors (Lipinski definition) is 0. The minimum Gasteiger partial charge on any atom is -0.463 e. The van der Waals surface area contributed by atoms with Crippen LogP contribution in [0.1, 0.15) is 55.8 Å². The first-order chi connectivity index (χ1) is 26.7. The van der Waals surface area contributed by atoms with E-state index in [1.54, 1.807) is 24.3 Å². The average molecular weight is 777 g/mol. The summed E-state index contributed by atoms with van der Waals surface area (Å²) in [6.07, 6.45) is 6.05. The molecule has 0 saturated carbocycles. The Morgan fingerprint density at radius 3 is 1.00 bits per heavy atom. The Hall–Kier alpha value is -2.28. The van der Waals surface area contributed by atoms with E-state index >= 15 is 0 Å². The summed E-state index contributed by atoms with van der Waals surface area (Å²) < 4.78 is 70.4. The van der Waals surface area contributed by atoms with Gasteiger partial charge in [0.2, 0.25) is 0 Å². The molecule has 1 rings (SSSR count). The van der Waals surface area contributed by atoms with Crippen LogP contribution in [-0.4, -0.2) is 171 Å². The fourth-order valence-electron chi connectivity index (χ4n) is 4.31. The number of carbonyl (C=O) groups excluding carboxylic acids is 2. The van der Waals surface area contributed by atoms with Gasteiger partial charge in [0.05, 0.1) is 151 Å². The molecule has 15 heteroatoms. The first-order valence-electron chi connectivity index (χ1n) is 19.5. The average Bonchev–Trinajstić information content (AvgIpc) is 3.19. The molecule has 0 unspecified atom stereocenters. The normalized spacial score (nSPS) is 11.3. The second-order valence-corrected chi connectivity index (χ2v) is 11.6. The quantitative estimate of drug-likeness (QED) is 0.0695. The third kappa shape index (κ3) is 36.7. The first-order valence-corrected chi connectivity index (χ1v) is 19.5. The highest BCUT2D eigenvalue weighted by atomic mass is 16.6. The number of benzene rings is 1. The number of carbonyl (C=O) groups is 2. The molecule has 54 heavy (non-hydrogen) atoms. The summed E-state index contributed by atoms with van der Waals surface area (Å²) in [5, 5.41) is 0. The second kappa shape index (κ2) is 41.9. The van der Waals surface area contributed by atoms with Gasteiger partial charge < -0.3 is 61.6 Å². The maximum atomic E-state index is 11.8. The highest BCUT2D eigenvalue weighted by molar-refractivity contribution is 5.89. The third-order valence-corrected chi connectivity index (χ3v) is 7.17. The van der Waals surface area contributed by atoms with E-state index in [1.807, 2.05) is 6.07 Å². The molecule has 0 aliphatic carbocycles. The Labute approximate surface area is 322 Å². The van der Waals surface area contributed by atoms with Crippen molar-refractivity contribution in [3.63, 3.8) is 0 Å². The Morgan fingerprint density at radius 2 is 0.667 bits per heavy atom. The summed E-state index contributed by atoms with van der Waals surface area (Å²) >= 11 is 0. The molecule has 0 atom stereocenters. The van der Waals surface area contributed by atoms with Gasteiger partial charge in [0.1, 0.15) is 13.2 Å². The molecular formula is C39H68O15. The lowest BCUT2D eigenvalue weighted by atomic mass is 10.1. The van der Waals surface area contributed by atoms with Crippen molar-refractivity contribution in [2.24, 2.45) is 0 Å². The van der Waals surface area contributed by atoms with Crippen LogP contribution in [0.15, 0.2) is 30.3 Å².